The molecule has 25 heavy (non-hydrogen) atoms. The van der Waals surface area contributed by atoms with Gasteiger partial charge >= 0.3 is 0 Å². The summed E-state index contributed by atoms with van der Waals surface area (Å²) in [6.45, 7) is 6.70. The summed E-state index contributed by atoms with van der Waals surface area (Å²) in [4.78, 5) is 2.39. The highest BCUT2D eigenvalue weighted by Gasteiger charge is 2.24. The average Bonchev–Trinajstić information content (AvgIpc) is 3.05. The molecule has 6 heteroatoms. The van der Waals surface area contributed by atoms with E-state index in [1.807, 2.05) is 19.1 Å². The third-order valence-electron chi connectivity index (χ3n) is 4.49. The molecule has 1 aromatic carbocycles. The van der Waals surface area contributed by atoms with Gasteiger partial charge in [0.05, 0.1) is 26.4 Å². The topological polar surface area (TPSA) is 67.1 Å². The average molecular weight is 346 g/mol. The summed E-state index contributed by atoms with van der Waals surface area (Å²) in [5.41, 5.74) is 1.01. The second-order valence-electron chi connectivity index (χ2n) is 6.25. The zero-order chi connectivity index (χ0) is 17.6. The van der Waals surface area contributed by atoms with Gasteiger partial charge in [0.2, 0.25) is 0 Å². The van der Waals surface area contributed by atoms with Crippen molar-refractivity contribution in [2.75, 3.05) is 40.0 Å². The normalized spacial score (nSPS) is 16.7. The number of furan rings is 1. The van der Waals surface area contributed by atoms with Gasteiger partial charge in [0, 0.05) is 26.2 Å². The molecule has 0 saturated carbocycles. The van der Waals surface area contributed by atoms with Crippen LogP contribution in [0, 0.1) is 6.92 Å². The number of morpholine rings is 1. The van der Waals surface area contributed by atoms with Gasteiger partial charge < -0.3 is 24.3 Å². The molecule has 6 nitrogen and oxygen atoms in total. The van der Waals surface area contributed by atoms with Crippen molar-refractivity contribution in [1.29, 1.82) is 0 Å². The van der Waals surface area contributed by atoms with E-state index in [1.165, 1.54) is 0 Å². The Kier molecular flexibility index (Phi) is 5.96. The van der Waals surface area contributed by atoms with Crippen LogP contribution in [-0.2, 0) is 11.3 Å². The summed E-state index contributed by atoms with van der Waals surface area (Å²) in [7, 11) is 1.55. The Morgan fingerprint density at radius 3 is 2.68 bits per heavy atom. The number of benzene rings is 1. The number of nitrogens with zero attached hydrogens (tertiary/aromatic N) is 1. The molecule has 0 aliphatic carbocycles. The van der Waals surface area contributed by atoms with E-state index in [-0.39, 0.29) is 11.8 Å². The summed E-state index contributed by atoms with van der Waals surface area (Å²) >= 11 is 0. The molecule has 136 valence electrons. The first-order chi connectivity index (χ1) is 12.2. The molecule has 1 aliphatic rings. The highest BCUT2D eigenvalue weighted by molar-refractivity contribution is 5.41. The minimum Gasteiger partial charge on any atom is -0.504 e. The first-order valence-corrected chi connectivity index (χ1v) is 8.62. The second-order valence-corrected chi connectivity index (χ2v) is 6.25. The molecule has 0 unspecified atom stereocenters. The van der Waals surface area contributed by atoms with Gasteiger partial charge in [-0.1, -0.05) is 6.07 Å². The first-order valence-electron chi connectivity index (χ1n) is 8.62. The van der Waals surface area contributed by atoms with E-state index in [0.717, 1.165) is 49.9 Å². The van der Waals surface area contributed by atoms with Gasteiger partial charge in [-0.05, 0) is 36.8 Å². The molecular weight excluding hydrogens is 320 g/mol. The van der Waals surface area contributed by atoms with Gasteiger partial charge in [0.15, 0.2) is 11.5 Å². The Morgan fingerprint density at radius 1 is 1.24 bits per heavy atom. The van der Waals surface area contributed by atoms with Crippen LogP contribution in [0.3, 0.4) is 0 Å². The number of hydrogen-bond acceptors (Lipinski definition) is 6. The molecule has 0 spiro atoms. The molecule has 2 aromatic rings. The largest absolute Gasteiger partial charge is 0.504 e. The lowest BCUT2D eigenvalue weighted by Gasteiger charge is -2.33. The summed E-state index contributed by atoms with van der Waals surface area (Å²) in [5, 5.41) is 13.4. The number of aryl methyl sites for hydroxylation is 1. The fourth-order valence-electron chi connectivity index (χ4n) is 3.13. The second kappa shape index (κ2) is 8.38. The van der Waals surface area contributed by atoms with Crippen LogP contribution in [0.2, 0.25) is 0 Å². The standard InChI is InChI=1S/C19H26N2O4/c1-14-3-5-18(25-14)16(21-7-9-24-10-8-21)13-20-12-15-4-6-19(23-2)17(22)11-15/h3-6,11,16,20,22H,7-10,12-13H2,1-2H3/t16-/m0/s1. The number of phenolic OH excluding ortho intramolecular Hbond substituents is 1. The minimum atomic E-state index is 0.160. The predicted molar refractivity (Wildman–Crippen MR) is 94.9 cm³/mol. The van der Waals surface area contributed by atoms with Crippen molar-refractivity contribution in [2.45, 2.75) is 19.5 Å². The zero-order valence-electron chi connectivity index (χ0n) is 14.8. The van der Waals surface area contributed by atoms with E-state index < -0.39 is 0 Å². The van der Waals surface area contributed by atoms with Crippen LogP contribution >= 0.6 is 0 Å². The predicted octanol–water partition coefficient (Wildman–Crippen LogP) is 2.47. The quantitative estimate of drug-likeness (QED) is 0.803. The molecule has 1 saturated heterocycles. The Morgan fingerprint density at radius 2 is 2.04 bits per heavy atom. The molecule has 1 fully saturated rings. The summed E-state index contributed by atoms with van der Waals surface area (Å²) in [5.74, 6) is 2.55. The molecule has 1 aliphatic heterocycles. The smallest absolute Gasteiger partial charge is 0.160 e. The zero-order valence-corrected chi connectivity index (χ0v) is 14.8. The minimum absolute atomic E-state index is 0.160. The third kappa shape index (κ3) is 4.54. The van der Waals surface area contributed by atoms with Crippen LogP contribution in [-0.4, -0.2) is 50.0 Å². The van der Waals surface area contributed by atoms with Crippen LogP contribution in [0.5, 0.6) is 11.5 Å². The van der Waals surface area contributed by atoms with E-state index in [1.54, 1.807) is 19.2 Å². The fourth-order valence-corrected chi connectivity index (χ4v) is 3.13. The van der Waals surface area contributed by atoms with E-state index in [4.69, 9.17) is 13.9 Å². The number of aromatic hydroxyl groups is 1. The van der Waals surface area contributed by atoms with Crippen LogP contribution < -0.4 is 10.1 Å². The van der Waals surface area contributed by atoms with Gasteiger partial charge in [-0.15, -0.1) is 0 Å². The van der Waals surface area contributed by atoms with Gasteiger partial charge in [-0.3, -0.25) is 4.90 Å². The lowest BCUT2D eigenvalue weighted by Crippen LogP contribution is -2.42. The Bertz CT molecular complexity index is 680. The van der Waals surface area contributed by atoms with E-state index in [2.05, 4.69) is 16.3 Å². The van der Waals surface area contributed by atoms with Crippen molar-refractivity contribution in [3.05, 3.63) is 47.4 Å². The highest BCUT2D eigenvalue weighted by atomic mass is 16.5. The number of phenols is 1. The van der Waals surface area contributed by atoms with Crippen LogP contribution in [0.1, 0.15) is 23.1 Å². The van der Waals surface area contributed by atoms with Gasteiger partial charge in [0.25, 0.3) is 0 Å². The Labute approximate surface area is 148 Å². The van der Waals surface area contributed by atoms with Crippen molar-refractivity contribution in [3.8, 4) is 11.5 Å². The molecule has 3 rings (SSSR count). The molecule has 1 aromatic heterocycles. The summed E-state index contributed by atoms with van der Waals surface area (Å²) < 4.78 is 16.4. The van der Waals surface area contributed by atoms with Gasteiger partial charge in [-0.25, -0.2) is 0 Å². The first kappa shape index (κ1) is 17.8. The van der Waals surface area contributed by atoms with Gasteiger partial charge in [0.1, 0.15) is 11.5 Å². The SMILES string of the molecule is COc1ccc(CNC[C@@H](c2ccc(C)o2)N2CCOCC2)cc1O. The van der Waals surface area contributed by atoms with E-state index in [9.17, 15) is 5.11 Å². The Hall–Kier alpha value is -2.02. The van der Waals surface area contributed by atoms with Gasteiger partial charge in [-0.2, -0.15) is 0 Å². The molecule has 2 N–H and O–H groups in total. The maximum atomic E-state index is 9.89. The van der Waals surface area contributed by atoms with Crippen LogP contribution in [0.15, 0.2) is 34.7 Å². The number of ether oxygens (including phenoxy) is 2. The number of rotatable bonds is 7. The maximum absolute atomic E-state index is 9.89. The lowest BCUT2D eigenvalue weighted by atomic mass is 10.1. The highest BCUT2D eigenvalue weighted by Crippen LogP contribution is 2.27. The number of nitrogens with one attached hydrogen (secondary N) is 1. The number of hydrogen-bond donors (Lipinski definition) is 2. The van der Waals surface area contributed by atoms with E-state index >= 15 is 0 Å². The summed E-state index contributed by atoms with van der Waals surface area (Å²) in [6, 6.07) is 9.69. The van der Waals surface area contributed by atoms with Crippen molar-refractivity contribution < 1.29 is 19.0 Å². The lowest BCUT2D eigenvalue weighted by molar-refractivity contribution is 0.0115. The van der Waals surface area contributed by atoms with Crippen LogP contribution in [0.25, 0.3) is 0 Å². The van der Waals surface area contributed by atoms with Crippen LogP contribution in [0.4, 0.5) is 0 Å². The molecule has 0 radical (unpaired) electrons. The molecule has 2 heterocycles. The Balaban J connectivity index is 1.63. The third-order valence-corrected chi connectivity index (χ3v) is 4.49. The van der Waals surface area contributed by atoms with Crippen molar-refractivity contribution >= 4 is 0 Å². The van der Waals surface area contributed by atoms with E-state index in [0.29, 0.717) is 12.3 Å². The number of methoxy groups -OCH3 is 1. The maximum Gasteiger partial charge on any atom is 0.160 e. The van der Waals surface area contributed by atoms with Crippen molar-refractivity contribution in [3.63, 3.8) is 0 Å². The molecular formula is C19H26N2O4. The van der Waals surface area contributed by atoms with Crippen molar-refractivity contribution in [2.24, 2.45) is 0 Å². The molecule has 0 amide bonds. The molecule has 0 bridgehead atoms. The van der Waals surface area contributed by atoms with Crippen molar-refractivity contribution in [1.82, 2.24) is 10.2 Å². The fraction of sp³-hybridized carbons (Fsp3) is 0.474. The monoisotopic (exact) mass is 346 g/mol. The summed E-state index contributed by atoms with van der Waals surface area (Å²) in [6.07, 6.45) is 0. The molecule has 1 atom stereocenters.